The average Bonchev–Trinajstić information content (AvgIpc) is 2.85. The fraction of sp³-hybridized carbons (Fsp3) is 0.259. The number of benzene rings is 1. The van der Waals surface area contributed by atoms with Crippen LogP contribution in [0.1, 0.15) is 47.9 Å². The summed E-state index contributed by atoms with van der Waals surface area (Å²) in [5.41, 5.74) is 5.87. The molecule has 0 bridgehead atoms. The number of piperidine rings is 1. The minimum Gasteiger partial charge on any atom is -0.481 e. The van der Waals surface area contributed by atoms with Gasteiger partial charge in [-0.2, -0.15) is 0 Å². The Balaban J connectivity index is 1.55. The topological polar surface area (TPSA) is 79.0 Å². The summed E-state index contributed by atoms with van der Waals surface area (Å²) in [5, 5.41) is 6.72. The highest BCUT2D eigenvalue weighted by molar-refractivity contribution is 5.86. The maximum Gasteiger partial charge on any atom is 0.257 e. The number of pyridine rings is 2. The standard InChI is InChI=1S/C27H30N4O2/c1-18(23-6-9-25(33-3)30-17-23)16-22-12-15-29-27(32)26(22)19(2)31-24-7-4-20(5-8-24)21-10-13-28-14-11-21/h4-9,12,15-17,21,28,31H,2,10-11,13-14H2,1,3H3,(H,29,32)/b18-16+. The lowest BCUT2D eigenvalue weighted by Gasteiger charge is -2.23. The second kappa shape index (κ2) is 10.3. The third-order valence-electron chi connectivity index (χ3n) is 6.08. The largest absolute Gasteiger partial charge is 0.481 e. The number of anilines is 1. The molecule has 3 aromatic rings. The third kappa shape index (κ3) is 5.41. The van der Waals surface area contributed by atoms with E-state index in [0.717, 1.165) is 48.3 Å². The van der Waals surface area contributed by atoms with E-state index < -0.39 is 0 Å². The zero-order chi connectivity index (χ0) is 23.2. The second-order valence-corrected chi connectivity index (χ2v) is 8.30. The highest BCUT2D eigenvalue weighted by atomic mass is 16.5. The minimum atomic E-state index is -0.187. The van der Waals surface area contributed by atoms with Crippen LogP contribution in [-0.4, -0.2) is 30.2 Å². The highest BCUT2D eigenvalue weighted by Gasteiger charge is 2.15. The van der Waals surface area contributed by atoms with Crippen LogP contribution in [0.4, 0.5) is 5.69 Å². The van der Waals surface area contributed by atoms with Crippen molar-refractivity contribution in [2.45, 2.75) is 25.7 Å². The van der Waals surface area contributed by atoms with E-state index in [2.05, 4.69) is 51.4 Å². The third-order valence-corrected chi connectivity index (χ3v) is 6.08. The van der Waals surface area contributed by atoms with Crippen molar-refractivity contribution >= 4 is 23.0 Å². The van der Waals surface area contributed by atoms with Crippen molar-refractivity contribution in [3.63, 3.8) is 0 Å². The molecule has 0 aliphatic carbocycles. The summed E-state index contributed by atoms with van der Waals surface area (Å²) < 4.78 is 5.13. The van der Waals surface area contributed by atoms with Gasteiger partial charge in [0.15, 0.2) is 0 Å². The van der Waals surface area contributed by atoms with Gasteiger partial charge in [0.25, 0.3) is 5.56 Å². The van der Waals surface area contributed by atoms with E-state index in [4.69, 9.17) is 4.74 Å². The summed E-state index contributed by atoms with van der Waals surface area (Å²) in [4.78, 5) is 19.7. The number of hydrogen-bond donors (Lipinski definition) is 3. The van der Waals surface area contributed by atoms with Gasteiger partial charge in [0, 0.05) is 29.8 Å². The molecular formula is C27H30N4O2. The number of aromatic amines is 1. The van der Waals surface area contributed by atoms with Gasteiger partial charge in [0.1, 0.15) is 0 Å². The Labute approximate surface area is 194 Å². The van der Waals surface area contributed by atoms with Gasteiger partial charge in [-0.25, -0.2) is 4.98 Å². The van der Waals surface area contributed by atoms with Crippen LogP contribution in [0.3, 0.4) is 0 Å². The Morgan fingerprint density at radius 1 is 1.15 bits per heavy atom. The fourth-order valence-electron chi connectivity index (χ4n) is 4.21. The van der Waals surface area contributed by atoms with E-state index in [1.165, 1.54) is 5.56 Å². The van der Waals surface area contributed by atoms with Gasteiger partial charge in [-0.3, -0.25) is 4.79 Å². The Morgan fingerprint density at radius 2 is 1.91 bits per heavy atom. The Morgan fingerprint density at radius 3 is 2.58 bits per heavy atom. The first-order valence-corrected chi connectivity index (χ1v) is 11.2. The van der Waals surface area contributed by atoms with Crippen molar-refractivity contribution in [3.05, 3.63) is 94.0 Å². The molecule has 3 N–H and O–H groups in total. The molecule has 6 heteroatoms. The van der Waals surface area contributed by atoms with Crippen LogP contribution in [-0.2, 0) is 0 Å². The van der Waals surface area contributed by atoms with Crippen LogP contribution in [0, 0.1) is 0 Å². The molecule has 0 spiro atoms. The monoisotopic (exact) mass is 442 g/mol. The number of hydrogen-bond acceptors (Lipinski definition) is 5. The number of rotatable bonds is 7. The smallest absolute Gasteiger partial charge is 0.257 e. The Bertz CT molecular complexity index is 1190. The molecule has 0 amide bonds. The van der Waals surface area contributed by atoms with Crippen molar-refractivity contribution in [2.24, 2.45) is 0 Å². The van der Waals surface area contributed by atoms with Crippen LogP contribution in [0.5, 0.6) is 5.88 Å². The molecule has 1 aromatic carbocycles. The quantitative estimate of drug-likeness (QED) is 0.486. The van der Waals surface area contributed by atoms with E-state index in [1.54, 1.807) is 19.5 Å². The van der Waals surface area contributed by atoms with Crippen LogP contribution in [0.25, 0.3) is 17.3 Å². The summed E-state index contributed by atoms with van der Waals surface area (Å²) in [6.45, 7) is 8.29. The molecule has 170 valence electrons. The maximum atomic E-state index is 12.7. The van der Waals surface area contributed by atoms with Crippen molar-refractivity contribution < 1.29 is 4.74 Å². The lowest BCUT2D eigenvalue weighted by molar-refractivity contribution is 0.398. The van der Waals surface area contributed by atoms with Gasteiger partial charge >= 0.3 is 0 Å². The molecule has 1 aliphatic heterocycles. The summed E-state index contributed by atoms with van der Waals surface area (Å²) in [7, 11) is 1.59. The molecule has 6 nitrogen and oxygen atoms in total. The number of ether oxygens (including phenoxy) is 1. The first kappa shape index (κ1) is 22.6. The normalized spacial score (nSPS) is 14.7. The average molecular weight is 443 g/mol. The predicted molar refractivity (Wildman–Crippen MR) is 135 cm³/mol. The van der Waals surface area contributed by atoms with E-state index in [-0.39, 0.29) is 5.56 Å². The molecule has 2 aromatic heterocycles. The van der Waals surface area contributed by atoms with Crippen LogP contribution >= 0.6 is 0 Å². The number of nitrogens with one attached hydrogen (secondary N) is 3. The molecule has 1 fully saturated rings. The number of aromatic nitrogens is 2. The molecule has 0 atom stereocenters. The molecule has 0 radical (unpaired) electrons. The van der Waals surface area contributed by atoms with Crippen molar-refractivity contribution in [1.82, 2.24) is 15.3 Å². The highest BCUT2D eigenvalue weighted by Crippen LogP contribution is 2.27. The first-order chi connectivity index (χ1) is 16.0. The predicted octanol–water partition coefficient (Wildman–Crippen LogP) is 4.89. The Kier molecular flexibility index (Phi) is 7.05. The SMILES string of the molecule is C=C(Nc1ccc(C2CCNCC2)cc1)c1c(/C=C(\C)c2ccc(OC)nc2)cc[nH]c1=O. The lowest BCUT2D eigenvalue weighted by atomic mass is 9.90. The first-order valence-electron chi connectivity index (χ1n) is 11.2. The maximum absolute atomic E-state index is 12.7. The fourth-order valence-corrected chi connectivity index (χ4v) is 4.21. The van der Waals surface area contributed by atoms with Gasteiger partial charge in [-0.15, -0.1) is 0 Å². The van der Waals surface area contributed by atoms with E-state index in [0.29, 0.717) is 23.1 Å². The van der Waals surface area contributed by atoms with Crippen LogP contribution in [0.15, 0.2) is 66.2 Å². The zero-order valence-electron chi connectivity index (χ0n) is 19.2. The molecule has 3 heterocycles. The summed E-state index contributed by atoms with van der Waals surface area (Å²) in [5.74, 6) is 1.17. The van der Waals surface area contributed by atoms with Crippen LogP contribution < -0.4 is 20.9 Å². The molecule has 1 saturated heterocycles. The number of allylic oxidation sites excluding steroid dienone is 1. The number of H-pyrrole nitrogens is 1. The number of methoxy groups -OCH3 is 1. The van der Waals surface area contributed by atoms with E-state index >= 15 is 0 Å². The second-order valence-electron chi connectivity index (χ2n) is 8.30. The minimum absolute atomic E-state index is 0.187. The Hall–Kier alpha value is -3.64. The van der Waals surface area contributed by atoms with Crippen molar-refractivity contribution in [2.75, 3.05) is 25.5 Å². The summed E-state index contributed by atoms with van der Waals surface area (Å²) in [6.07, 6.45) is 7.71. The van der Waals surface area contributed by atoms with E-state index in [9.17, 15) is 4.79 Å². The van der Waals surface area contributed by atoms with Crippen molar-refractivity contribution in [1.29, 1.82) is 0 Å². The van der Waals surface area contributed by atoms with Gasteiger partial charge in [0.05, 0.1) is 12.7 Å². The van der Waals surface area contributed by atoms with Gasteiger partial charge in [-0.05, 0) is 85.3 Å². The van der Waals surface area contributed by atoms with E-state index in [1.807, 2.05) is 31.2 Å². The van der Waals surface area contributed by atoms with Crippen LogP contribution in [0.2, 0.25) is 0 Å². The molecule has 33 heavy (non-hydrogen) atoms. The van der Waals surface area contributed by atoms with Gasteiger partial charge in [-0.1, -0.05) is 24.8 Å². The van der Waals surface area contributed by atoms with Gasteiger partial charge in [0.2, 0.25) is 5.88 Å². The number of nitrogens with zero attached hydrogens (tertiary/aromatic N) is 1. The lowest BCUT2D eigenvalue weighted by Crippen LogP contribution is -2.26. The molecule has 0 saturated carbocycles. The molecule has 1 aliphatic rings. The van der Waals surface area contributed by atoms with Crippen molar-refractivity contribution in [3.8, 4) is 5.88 Å². The zero-order valence-corrected chi connectivity index (χ0v) is 19.2. The molecule has 0 unspecified atom stereocenters. The summed E-state index contributed by atoms with van der Waals surface area (Å²) in [6, 6.07) is 14.1. The molecular weight excluding hydrogens is 412 g/mol. The molecule has 4 rings (SSSR count). The summed E-state index contributed by atoms with van der Waals surface area (Å²) >= 11 is 0. The van der Waals surface area contributed by atoms with Gasteiger partial charge < -0.3 is 20.4 Å².